The molecule has 0 unspecified atom stereocenters. The molecule has 0 aliphatic carbocycles. The molecule has 0 saturated heterocycles. The molecule has 0 aliphatic rings. The summed E-state index contributed by atoms with van der Waals surface area (Å²) in [5.74, 6) is -0.709. The molecule has 0 heterocycles. The van der Waals surface area contributed by atoms with Crippen molar-refractivity contribution in [2.75, 3.05) is 17.6 Å². The van der Waals surface area contributed by atoms with Gasteiger partial charge in [-0.3, -0.25) is 4.72 Å². The number of nitrogens with two attached hydrogens (primary N) is 1. The predicted molar refractivity (Wildman–Crippen MR) is 84.2 cm³/mol. The number of carbonyl (C=O) groups excluding carboxylic acids is 1. The van der Waals surface area contributed by atoms with Gasteiger partial charge in [0.25, 0.3) is 10.0 Å². The topological polar surface area (TPSA) is 98.5 Å². The maximum atomic E-state index is 12.4. The van der Waals surface area contributed by atoms with Crippen LogP contribution in [0.4, 0.5) is 11.4 Å². The lowest BCUT2D eigenvalue weighted by Crippen LogP contribution is -2.17. The molecule has 0 spiro atoms. The van der Waals surface area contributed by atoms with Crippen molar-refractivity contribution < 1.29 is 17.9 Å². The highest BCUT2D eigenvalue weighted by molar-refractivity contribution is 7.92. The average Bonchev–Trinajstić information content (AvgIpc) is 2.47. The summed E-state index contributed by atoms with van der Waals surface area (Å²) in [6.45, 7) is 1.86. The molecule has 116 valence electrons. The highest BCUT2D eigenvalue weighted by atomic mass is 32.2. The number of ether oxygens (including phenoxy) is 1. The molecule has 7 heteroatoms. The lowest BCUT2D eigenvalue weighted by molar-refractivity contribution is 0.0603. The van der Waals surface area contributed by atoms with Crippen LogP contribution in [0.2, 0.25) is 0 Å². The minimum atomic E-state index is -3.82. The monoisotopic (exact) mass is 320 g/mol. The minimum Gasteiger partial charge on any atom is -0.465 e. The van der Waals surface area contributed by atoms with Crippen molar-refractivity contribution in [3.05, 3.63) is 53.6 Å². The predicted octanol–water partition coefficient (Wildman–Crippen LogP) is 2.16. The Morgan fingerprint density at radius 1 is 1.14 bits per heavy atom. The molecular formula is C15H16N2O4S. The van der Waals surface area contributed by atoms with Crippen LogP contribution in [0, 0.1) is 6.92 Å². The first-order valence-electron chi connectivity index (χ1n) is 6.41. The second-order valence-corrected chi connectivity index (χ2v) is 6.36. The van der Waals surface area contributed by atoms with E-state index in [2.05, 4.69) is 9.46 Å². The first kappa shape index (κ1) is 15.8. The third-order valence-electron chi connectivity index (χ3n) is 3.06. The van der Waals surface area contributed by atoms with E-state index in [0.717, 1.165) is 5.56 Å². The number of sulfonamides is 1. The fourth-order valence-electron chi connectivity index (χ4n) is 1.91. The summed E-state index contributed by atoms with van der Waals surface area (Å²) in [6.07, 6.45) is 0. The van der Waals surface area contributed by atoms with Gasteiger partial charge in [0, 0.05) is 5.69 Å². The van der Waals surface area contributed by atoms with Crippen molar-refractivity contribution in [1.82, 2.24) is 0 Å². The fourth-order valence-corrected chi connectivity index (χ4v) is 2.98. The van der Waals surface area contributed by atoms with Crippen LogP contribution in [-0.4, -0.2) is 21.5 Å². The van der Waals surface area contributed by atoms with E-state index in [1.54, 1.807) is 18.2 Å². The Hall–Kier alpha value is -2.54. The summed E-state index contributed by atoms with van der Waals surface area (Å²) < 4.78 is 31.8. The molecule has 2 aromatic carbocycles. The van der Waals surface area contributed by atoms with Gasteiger partial charge in [0.1, 0.15) is 5.56 Å². The molecule has 0 radical (unpaired) electrons. The summed E-state index contributed by atoms with van der Waals surface area (Å²) >= 11 is 0. The Kier molecular flexibility index (Phi) is 4.37. The molecule has 0 saturated carbocycles. The van der Waals surface area contributed by atoms with Gasteiger partial charge in [-0.05, 0) is 31.2 Å². The number of esters is 1. The van der Waals surface area contributed by atoms with E-state index >= 15 is 0 Å². The number of benzene rings is 2. The Balaban J connectivity index is 2.44. The molecule has 0 aromatic heterocycles. The van der Waals surface area contributed by atoms with Crippen molar-refractivity contribution >= 4 is 27.4 Å². The molecule has 2 aromatic rings. The first-order valence-corrected chi connectivity index (χ1v) is 7.90. The second kappa shape index (κ2) is 6.07. The van der Waals surface area contributed by atoms with Crippen molar-refractivity contribution in [2.24, 2.45) is 0 Å². The molecule has 6 nitrogen and oxygen atoms in total. The zero-order chi connectivity index (χ0) is 16.3. The van der Waals surface area contributed by atoms with E-state index in [0.29, 0.717) is 0 Å². The van der Waals surface area contributed by atoms with Gasteiger partial charge >= 0.3 is 5.97 Å². The maximum absolute atomic E-state index is 12.4. The summed E-state index contributed by atoms with van der Waals surface area (Å²) in [5.41, 5.74) is 6.88. The van der Waals surface area contributed by atoms with Crippen LogP contribution in [0.3, 0.4) is 0 Å². The number of rotatable bonds is 4. The third kappa shape index (κ3) is 3.20. The van der Waals surface area contributed by atoms with Crippen LogP contribution >= 0.6 is 0 Å². The Morgan fingerprint density at radius 3 is 2.36 bits per heavy atom. The molecule has 22 heavy (non-hydrogen) atoms. The molecule has 0 aliphatic heterocycles. The molecular weight excluding hydrogens is 304 g/mol. The summed E-state index contributed by atoms with van der Waals surface area (Å²) in [4.78, 5) is 11.9. The zero-order valence-corrected chi connectivity index (χ0v) is 13.0. The van der Waals surface area contributed by atoms with Crippen molar-refractivity contribution in [3.63, 3.8) is 0 Å². The van der Waals surface area contributed by atoms with E-state index in [4.69, 9.17) is 5.73 Å². The normalized spacial score (nSPS) is 11.0. The van der Waals surface area contributed by atoms with E-state index in [-0.39, 0.29) is 21.8 Å². The van der Waals surface area contributed by atoms with Crippen molar-refractivity contribution in [2.45, 2.75) is 11.8 Å². The number of hydrogen-bond donors (Lipinski definition) is 2. The largest absolute Gasteiger partial charge is 0.465 e. The number of anilines is 2. The van der Waals surface area contributed by atoms with Crippen molar-refractivity contribution in [1.29, 1.82) is 0 Å². The van der Waals surface area contributed by atoms with Crippen LogP contribution in [-0.2, 0) is 14.8 Å². The van der Waals surface area contributed by atoms with Gasteiger partial charge in [-0.15, -0.1) is 0 Å². The Labute approximate surface area is 129 Å². The molecule has 0 fully saturated rings. The van der Waals surface area contributed by atoms with E-state index in [1.807, 2.05) is 6.92 Å². The van der Waals surface area contributed by atoms with E-state index in [1.165, 1.54) is 31.4 Å². The van der Waals surface area contributed by atoms with Crippen LogP contribution in [0.25, 0.3) is 0 Å². The first-order chi connectivity index (χ1) is 10.3. The van der Waals surface area contributed by atoms with E-state index < -0.39 is 16.0 Å². The lowest BCUT2D eigenvalue weighted by atomic mass is 10.1. The molecule has 3 N–H and O–H groups in total. The number of nitrogens with one attached hydrogen (secondary N) is 1. The lowest BCUT2D eigenvalue weighted by Gasteiger charge is -2.13. The highest BCUT2D eigenvalue weighted by Crippen LogP contribution is 2.25. The van der Waals surface area contributed by atoms with Crippen LogP contribution < -0.4 is 10.5 Å². The Bertz CT molecular complexity index is 799. The quantitative estimate of drug-likeness (QED) is 0.664. The number of aryl methyl sites for hydroxylation is 1. The van der Waals surface area contributed by atoms with Gasteiger partial charge in [0.2, 0.25) is 0 Å². The molecule has 0 amide bonds. The van der Waals surface area contributed by atoms with E-state index in [9.17, 15) is 13.2 Å². The number of carbonyl (C=O) groups is 1. The molecule has 0 atom stereocenters. The molecule has 0 bridgehead atoms. The second-order valence-electron chi connectivity index (χ2n) is 4.68. The van der Waals surface area contributed by atoms with Gasteiger partial charge in [-0.1, -0.05) is 23.8 Å². The standard InChI is InChI=1S/C15H16N2O4S/c1-10-6-8-11(9-7-10)22(19,20)17-13-5-3-4-12(16)14(13)15(18)21-2/h3-9,17H,16H2,1-2H3. The average molecular weight is 320 g/mol. The van der Waals surface area contributed by atoms with Gasteiger partial charge in [-0.25, -0.2) is 13.2 Å². The van der Waals surface area contributed by atoms with Gasteiger partial charge < -0.3 is 10.5 Å². The summed E-state index contributed by atoms with van der Waals surface area (Å²) in [7, 11) is -2.62. The number of hydrogen-bond acceptors (Lipinski definition) is 5. The summed E-state index contributed by atoms with van der Waals surface area (Å²) in [5, 5.41) is 0. The van der Waals surface area contributed by atoms with Gasteiger partial charge in [0.05, 0.1) is 17.7 Å². The zero-order valence-electron chi connectivity index (χ0n) is 12.2. The van der Waals surface area contributed by atoms with Crippen LogP contribution in [0.15, 0.2) is 47.4 Å². The maximum Gasteiger partial charge on any atom is 0.342 e. The molecule has 2 rings (SSSR count). The van der Waals surface area contributed by atoms with Gasteiger partial charge in [-0.2, -0.15) is 0 Å². The fraction of sp³-hybridized carbons (Fsp3) is 0.133. The Morgan fingerprint density at radius 2 is 1.77 bits per heavy atom. The number of methoxy groups -OCH3 is 1. The smallest absolute Gasteiger partial charge is 0.342 e. The summed E-state index contributed by atoms with van der Waals surface area (Å²) in [6, 6.07) is 10.9. The van der Waals surface area contributed by atoms with Crippen LogP contribution in [0.1, 0.15) is 15.9 Å². The minimum absolute atomic E-state index is 0.0133. The SMILES string of the molecule is COC(=O)c1c(N)cccc1NS(=O)(=O)c1ccc(C)cc1. The highest BCUT2D eigenvalue weighted by Gasteiger charge is 2.21. The van der Waals surface area contributed by atoms with Crippen LogP contribution in [0.5, 0.6) is 0 Å². The van der Waals surface area contributed by atoms with Gasteiger partial charge in [0.15, 0.2) is 0 Å². The number of nitrogen functional groups attached to an aromatic ring is 1. The van der Waals surface area contributed by atoms with Crippen molar-refractivity contribution in [3.8, 4) is 0 Å². The third-order valence-corrected chi connectivity index (χ3v) is 4.44.